The first-order chi connectivity index (χ1) is 10.2. The summed E-state index contributed by atoms with van der Waals surface area (Å²) in [5.74, 6) is 1.97. The molecule has 1 heterocycles. The van der Waals surface area contributed by atoms with Gasteiger partial charge in [0.15, 0.2) is 11.5 Å². The van der Waals surface area contributed by atoms with Crippen molar-refractivity contribution in [1.82, 2.24) is 5.32 Å². The standard InChI is InChI=1S/C15H20N2O4.ClH/c1-19-12-6-10(7-13-14(12)21-5-4-20-13)15(18)17-8-11(16)9-2-3-9;/h6-7,9,11H,2-5,8,16H2,1H3,(H,17,18);1H. The molecular formula is C15H21ClN2O4. The van der Waals surface area contributed by atoms with Gasteiger partial charge >= 0.3 is 0 Å². The maximum absolute atomic E-state index is 12.2. The Balaban J connectivity index is 0.00000176. The fraction of sp³-hybridized carbons (Fsp3) is 0.533. The predicted octanol–water partition coefficient (Wildman–Crippen LogP) is 1.36. The summed E-state index contributed by atoms with van der Waals surface area (Å²) in [6, 6.07) is 3.37. The third kappa shape index (κ3) is 3.56. The second-order valence-electron chi connectivity index (χ2n) is 5.41. The van der Waals surface area contributed by atoms with E-state index in [1.807, 2.05) is 0 Å². The molecule has 1 aliphatic heterocycles. The largest absolute Gasteiger partial charge is 0.493 e. The summed E-state index contributed by atoms with van der Waals surface area (Å²) in [7, 11) is 1.54. The molecule has 7 heteroatoms. The van der Waals surface area contributed by atoms with Crippen LogP contribution in [0.3, 0.4) is 0 Å². The number of nitrogens with one attached hydrogen (secondary N) is 1. The second kappa shape index (κ2) is 7.07. The minimum atomic E-state index is -0.179. The molecule has 0 saturated heterocycles. The number of methoxy groups -OCH3 is 1. The van der Waals surface area contributed by atoms with E-state index in [2.05, 4.69) is 5.32 Å². The lowest BCUT2D eigenvalue weighted by Crippen LogP contribution is -2.38. The maximum Gasteiger partial charge on any atom is 0.251 e. The Morgan fingerprint density at radius 1 is 1.41 bits per heavy atom. The predicted molar refractivity (Wildman–Crippen MR) is 84.3 cm³/mol. The molecule has 1 unspecified atom stereocenters. The molecule has 1 aromatic carbocycles. The van der Waals surface area contributed by atoms with Crippen molar-refractivity contribution >= 4 is 18.3 Å². The first-order valence-electron chi connectivity index (χ1n) is 7.20. The smallest absolute Gasteiger partial charge is 0.251 e. The molecule has 1 fully saturated rings. The summed E-state index contributed by atoms with van der Waals surface area (Å²) in [4.78, 5) is 12.2. The van der Waals surface area contributed by atoms with E-state index in [1.165, 1.54) is 7.11 Å². The molecule has 1 aliphatic carbocycles. The van der Waals surface area contributed by atoms with Crippen LogP contribution in [0.5, 0.6) is 17.2 Å². The van der Waals surface area contributed by atoms with Gasteiger partial charge in [-0.1, -0.05) is 0 Å². The topological polar surface area (TPSA) is 82.8 Å². The van der Waals surface area contributed by atoms with Crippen LogP contribution in [-0.2, 0) is 0 Å². The van der Waals surface area contributed by atoms with Gasteiger partial charge < -0.3 is 25.3 Å². The Morgan fingerprint density at radius 3 is 2.82 bits per heavy atom. The second-order valence-corrected chi connectivity index (χ2v) is 5.41. The number of nitrogens with two attached hydrogens (primary N) is 1. The summed E-state index contributed by atoms with van der Waals surface area (Å²) in [6.07, 6.45) is 2.32. The number of halogens is 1. The Kier molecular flexibility index (Phi) is 5.37. The van der Waals surface area contributed by atoms with Gasteiger partial charge in [-0.15, -0.1) is 12.4 Å². The van der Waals surface area contributed by atoms with Gasteiger partial charge in [-0.3, -0.25) is 4.79 Å². The summed E-state index contributed by atoms with van der Waals surface area (Å²) in [5.41, 5.74) is 6.47. The Labute approximate surface area is 135 Å². The average Bonchev–Trinajstić information content (AvgIpc) is 3.36. The number of carbonyl (C=O) groups is 1. The van der Waals surface area contributed by atoms with Crippen molar-refractivity contribution in [2.45, 2.75) is 18.9 Å². The number of benzene rings is 1. The normalized spacial score (nSPS) is 17.2. The summed E-state index contributed by atoms with van der Waals surface area (Å²) >= 11 is 0. The molecule has 3 rings (SSSR count). The minimum absolute atomic E-state index is 0. The first-order valence-corrected chi connectivity index (χ1v) is 7.20. The van der Waals surface area contributed by atoms with E-state index in [-0.39, 0.29) is 24.4 Å². The lowest BCUT2D eigenvalue weighted by molar-refractivity contribution is 0.0948. The summed E-state index contributed by atoms with van der Waals surface area (Å²) in [5, 5.41) is 2.86. The van der Waals surface area contributed by atoms with Gasteiger partial charge in [-0.25, -0.2) is 0 Å². The monoisotopic (exact) mass is 328 g/mol. The molecule has 1 atom stereocenters. The van der Waals surface area contributed by atoms with Crippen LogP contribution in [-0.4, -0.2) is 38.8 Å². The van der Waals surface area contributed by atoms with E-state index in [1.54, 1.807) is 12.1 Å². The molecule has 6 nitrogen and oxygen atoms in total. The van der Waals surface area contributed by atoms with E-state index in [0.29, 0.717) is 48.5 Å². The molecule has 0 aromatic heterocycles. The molecule has 1 aromatic rings. The average molecular weight is 329 g/mol. The third-order valence-electron chi connectivity index (χ3n) is 3.82. The number of amides is 1. The van der Waals surface area contributed by atoms with Crippen molar-refractivity contribution in [3.05, 3.63) is 17.7 Å². The van der Waals surface area contributed by atoms with Crippen molar-refractivity contribution in [2.75, 3.05) is 26.9 Å². The lowest BCUT2D eigenvalue weighted by Gasteiger charge is -2.21. The maximum atomic E-state index is 12.2. The summed E-state index contributed by atoms with van der Waals surface area (Å²) in [6.45, 7) is 1.43. The molecule has 22 heavy (non-hydrogen) atoms. The van der Waals surface area contributed by atoms with Gasteiger partial charge in [-0.2, -0.15) is 0 Å². The third-order valence-corrected chi connectivity index (χ3v) is 3.82. The number of ether oxygens (including phenoxy) is 3. The molecule has 0 radical (unpaired) electrons. The van der Waals surface area contributed by atoms with Crippen molar-refractivity contribution in [3.8, 4) is 17.2 Å². The van der Waals surface area contributed by atoms with Crippen LogP contribution in [0.25, 0.3) is 0 Å². The molecule has 2 aliphatic rings. The van der Waals surface area contributed by atoms with E-state index in [9.17, 15) is 4.79 Å². The number of rotatable bonds is 5. The van der Waals surface area contributed by atoms with Gasteiger partial charge in [-0.05, 0) is 30.9 Å². The van der Waals surface area contributed by atoms with Gasteiger partial charge in [0.25, 0.3) is 5.91 Å². The molecule has 0 bridgehead atoms. The number of fused-ring (bicyclic) bond motifs is 1. The molecule has 122 valence electrons. The minimum Gasteiger partial charge on any atom is -0.493 e. The Morgan fingerprint density at radius 2 is 2.14 bits per heavy atom. The molecule has 1 amide bonds. The van der Waals surface area contributed by atoms with E-state index in [4.69, 9.17) is 19.9 Å². The van der Waals surface area contributed by atoms with Crippen molar-refractivity contribution in [2.24, 2.45) is 11.7 Å². The van der Waals surface area contributed by atoms with Crippen LogP contribution in [0.15, 0.2) is 12.1 Å². The Hall–Kier alpha value is -1.66. The zero-order chi connectivity index (χ0) is 14.8. The Bertz CT molecular complexity index is 531. The van der Waals surface area contributed by atoms with Crippen molar-refractivity contribution in [3.63, 3.8) is 0 Å². The highest BCUT2D eigenvalue weighted by atomic mass is 35.5. The van der Waals surface area contributed by atoms with Crippen molar-refractivity contribution in [1.29, 1.82) is 0 Å². The van der Waals surface area contributed by atoms with Crippen molar-refractivity contribution < 1.29 is 19.0 Å². The molecule has 1 saturated carbocycles. The quantitative estimate of drug-likeness (QED) is 0.852. The van der Waals surface area contributed by atoms with E-state index < -0.39 is 0 Å². The van der Waals surface area contributed by atoms with Gasteiger partial charge in [0.05, 0.1) is 7.11 Å². The van der Waals surface area contributed by atoms with Crippen LogP contribution in [0.1, 0.15) is 23.2 Å². The van der Waals surface area contributed by atoms with Crippen LogP contribution in [0.4, 0.5) is 0 Å². The SMILES string of the molecule is COc1cc(C(=O)NCC(N)C2CC2)cc2c1OCCO2.Cl. The number of carbonyl (C=O) groups excluding carboxylic acids is 1. The fourth-order valence-corrected chi connectivity index (χ4v) is 2.41. The van der Waals surface area contributed by atoms with Gasteiger partial charge in [0, 0.05) is 18.2 Å². The molecule has 0 spiro atoms. The fourth-order valence-electron chi connectivity index (χ4n) is 2.41. The van der Waals surface area contributed by atoms with Gasteiger partial charge in [0.1, 0.15) is 13.2 Å². The molecule has 3 N–H and O–H groups in total. The summed E-state index contributed by atoms with van der Waals surface area (Å²) < 4.78 is 16.3. The number of hydrogen-bond donors (Lipinski definition) is 2. The zero-order valence-corrected chi connectivity index (χ0v) is 13.3. The van der Waals surface area contributed by atoms with Crippen LogP contribution in [0, 0.1) is 5.92 Å². The van der Waals surface area contributed by atoms with E-state index in [0.717, 1.165) is 12.8 Å². The lowest BCUT2D eigenvalue weighted by atomic mass is 10.1. The zero-order valence-electron chi connectivity index (χ0n) is 12.5. The highest BCUT2D eigenvalue weighted by molar-refractivity contribution is 5.95. The van der Waals surface area contributed by atoms with Crippen LogP contribution < -0.4 is 25.3 Å². The molecular weight excluding hydrogens is 308 g/mol. The highest BCUT2D eigenvalue weighted by Crippen LogP contribution is 2.40. The first kappa shape index (κ1) is 16.7. The van der Waals surface area contributed by atoms with Gasteiger partial charge in [0.2, 0.25) is 5.75 Å². The van der Waals surface area contributed by atoms with E-state index >= 15 is 0 Å². The number of hydrogen-bond acceptors (Lipinski definition) is 5. The van der Waals surface area contributed by atoms with Crippen LogP contribution in [0.2, 0.25) is 0 Å². The highest BCUT2D eigenvalue weighted by Gasteiger charge is 2.28. The van der Waals surface area contributed by atoms with Crippen LogP contribution >= 0.6 is 12.4 Å².